The van der Waals surface area contributed by atoms with Gasteiger partial charge in [0.25, 0.3) is 5.69 Å². The zero-order chi connectivity index (χ0) is 32.3. The Morgan fingerprint density at radius 1 is 0.956 bits per heavy atom. The third-order valence-corrected chi connectivity index (χ3v) is 6.93. The second kappa shape index (κ2) is 15.2. The molecular weight excluding hydrogens is 578 g/mol. The Morgan fingerprint density at radius 2 is 1.69 bits per heavy atom. The number of carbonyl (C=O) groups excluding carboxylic acids is 3. The first kappa shape index (κ1) is 32.3. The molecule has 3 aromatic rings. The van der Waals surface area contributed by atoms with Crippen molar-refractivity contribution in [2.24, 2.45) is 10.9 Å². The Balaban J connectivity index is 1.51. The molecule has 3 aromatic carbocycles. The van der Waals surface area contributed by atoms with Crippen LogP contribution in [0.5, 0.6) is 5.75 Å². The highest BCUT2D eigenvalue weighted by molar-refractivity contribution is 6.07. The number of amides is 1. The molecule has 1 amide bonds. The molecule has 2 atom stereocenters. The van der Waals surface area contributed by atoms with Crippen molar-refractivity contribution in [1.82, 2.24) is 0 Å². The molecule has 0 saturated carbocycles. The molecule has 1 N–H and O–H groups in total. The number of nitro groups is 1. The second-order valence-corrected chi connectivity index (χ2v) is 10.2. The molecule has 11 heteroatoms. The van der Waals surface area contributed by atoms with Crippen molar-refractivity contribution in [2.75, 3.05) is 25.1 Å². The Hall–Kier alpha value is -5.58. The van der Waals surface area contributed by atoms with Gasteiger partial charge in [-0.1, -0.05) is 48.5 Å². The first-order chi connectivity index (χ1) is 21.6. The molecule has 0 radical (unpaired) electrons. The Bertz CT molecular complexity index is 1650. The van der Waals surface area contributed by atoms with E-state index >= 15 is 0 Å². The summed E-state index contributed by atoms with van der Waals surface area (Å²) in [5, 5.41) is 14.3. The van der Waals surface area contributed by atoms with Gasteiger partial charge in [0.15, 0.2) is 0 Å². The topological polar surface area (TPSA) is 146 Å². The van der Waals surface area contributed by atoms with Crippen LogP contribution in [-0.2, 0) is 23.9 Å². The molecule has 1 heterocycles. The molecule has 232 valence electrons. The van der Waals surface area contributed by atoms with Crippen molar-refractivity contribution in [3.63, 3.8) is 0 Å². The molecule has 45 heavy (non-hydrogen) atoms. The van der Waals surface area contributed by atoms with Crippen LogP contribution in [0.2, 0.25) is 0 Å². The summed E-state index contributed by atoms with van der Waals surface area (Å²) in [6.45, 7) is 4.59. The summed E-state index contributed by atoms with van der Waals surface area (Å²) in [5.41, 5.74) is 2.60. The van der Waals surface area contributed by atoms with Crippen LogP contribution in [0, 0.1) is 16.0 Å². The molecule has 0 bridgehead atoms. The van der Waals surface area contributed by atoms with E-state index in [-0.39, 0.29) is 37.0 Å². The average Bonchev–Trinajstić information content (AvgIpc) is 3.02. The van der Waals surface area contributed by atoms with Crippen LogP contribution in [0.15, 0.2) is 101 Å². The van der Waals surface area contributed by atoms with Crippen molar-refractivity contribution in [2.45, 2.75) is 26.7 Å². The maximum absolute atomic E-state index is 13.5. The van der Waals surface area contributed by atoms with Crippen LogP contribution in [0.25, 0.3) is 6.08 Å². The van der Waals surface area contributed by atoms with E-state index < -0.39 is 28.7 Å². The van der Waals surface area contributed by atoms with E-state index in [2.05, 4.69) is 10.3 Å². The summed E-state index contributed by atoms with van der Waals surface area (Å²) in [7, 11) is 0. The number of anilines is 1. The second-order valence-electron chi connectivity index (χ2n) is 10.2. The predicted molar refractivity (Wildman–Crippen MR) is 169 cm³/mol. The Labute approximate surface area is 260 Å². The number of nitro benzene ring substituents is 1. The fourth-order valence-corrected chi connectivity index (χ4v) is 4.98. The smallest absolute Gasteiger partial charge is 0.336 e. The Kier molecular flexibility index (Phi) is 10.9. The van der Waals surface area contributed by atoms with E-state index in [1.807, 2.05) is 36.4 Å². The van der Waals surface area contributed by atoms with E-state index in [0.29, 0.717) is 28.4 Å². The summed E-state index contributed by atoms with van der Waals surface area (Å²) in [4.78, 5) is 53.8. The number of ether oxygens (including phenoxy) is 3. The van der Waals surface area contributed by atoms with Crippen LogP contribution < -0.4 is 10.1 Å². The number of allylic oxidation sites excluding steroid dienone is 1. The zero-order valence-electron chi connectivity index (χ0n) is 25.1. The fraction of sp³-hybridized carbons (Fsp3) is 0.235. The lowest BCUT2D eigenvalue weighted by Gasteiger charge is -2.31. The van der Waals surface area contributed by atoms with Gasteiger partial charge in [-0.25, -0.2) is 4.79 Å². The van der Waals surface area contributed by atoms with Crippen LogP contribution in [-0.4, -0.2) is 48.3 Å². The largest absolute Gasteiger partial charge is 0.490 e. The van der Waals surface area contributed by atoms with Crippen LogP contribution in [0.1, 0.15) is 37.8 Å². The molecule has 11 nitrogen and oxygen atoms in total. The highest BCUT2D eigenvalue weighted by Gasteiger charge is 2.42. The highest BCUT2D eigenvalue weighted by atomic mass is 16.6. The van der Waals surface area contributed by atoms with Crippen molar-refractivity contribution >= 4 is 41.0 Å². The van der Waals surface area contributed by atoms with Crippen molar-refractivity contribution < 1.29 is 33.5 Å². The highest BCUT2D eigenvalue weighted by Crippen LogP contribution is 2.41. The van der Waals surface area contributed by atoms with Crippen LogP contribution in [0.3, 0.4) is 0 Å². The number of benzene rings is 3. The number of hydrogen-bond donors (Lipinski definition) is 1. The lowest BCUT2D eigenvalue weighted by atomic mass is 9.75. The number of aliphatic imine (C=N–C) groups is 1. The number of nitrogens with one attached hydrogen (secondary N) is 1. The average molecular weight is 612 g/mol. The van der Waals surface area contributed by atoms with Gasteiger partial charge in [-0.15, -0.1) is 0 Å². The number of rotatable bonds is 12. The van der Waals surface area contributed by atoms with Gasteiger partial charge in [0.05, 0.1) is 10.5 Å². The van der Waals surface area contributed by atoms with E-state index in [0.717, 1.165) is 5.56 Å². The SMILES string of the molecule is CC(=O)Nc1ccc(OCCOC(=O)C2C(C)=NC(C)=C(C(=O)OC/C=C/c3ccccc3)C2c2cccc([N+](=O)[O-])c2)cc1. The van der Waals surface area contributed by atoms with Crippen LogP contribution in [0.4, 0.5) is 11.4 Å². The van der Waals surface area contributed by atoms with Crippen molar-refractivity contribution in [1.29, 1.82) is 0 Å². The minimum atomic E-state index is -1.05. The van der Waals surface area contributed by atoms with Gasteiger partial charge < -0.3 is 19.5 Å². The van der Waals surface area contributed by atoms with Gasteiger partial charge in [0.1, 0.15) is 31.5 Å². The molecule has 0 aliphatic carbocycles. The standard InChI is InChI=1S/C34H33N3O8/c1-22-30(33(39)44-18-8-11-25-9-5-4-6-10-25)32(26-12-7-13-28(21-26)37(41)42)31(23(2)35-22)34(40)45-20-19-43-29-16-14-27(15-17-29)36-24(3)38/h4-17,21,31-32H,18-20H2,1-3H3,(H,36,38)/b11-8+. The van der Waals surface area contributed by atoms with E-state index in [9.17, 15) is 24.5 Å². The number of hydrogen-bond acceptors (Lipinski definition) is 9. The molecular formula is C34H33N3O8. The lowest BCUT2D eigenvalue weighted by Crippen LogP contribution is -2.37. The molecule has 4 rings (SSSR count). The normalized spacial score (nSPS) is 16.1. The molecule has 1 aliphatic heterocycles. The van der Waals surface area contributed by atoms with Gasteiger partial charge in [0.2, 0.25) is 5.91 Å². The maximum Gasteiger partial charge on any atom is 0.336 e. The van der Waals surface area contributed by atoms with Gasteiger partial charge >= 0.3 is 11.9 Å². The number of carbonyl (C=O) groups is 3. The summed E-state index contributed by atoms with van der Waals surface area (Å²) in [5.74, 6) is -3.03. The quantitative estimate of drug-likeness (QED) is 0.116. The summed E-state index contributed by atoms with van der Waals surface area (Å²) >= 11 is 0. The molecule has 0 saturated heterocycles. The zero-order valence-corrected chi connectivity index (χ0v) is 25.1. The monoisotopic (exact) mass is 611 g/mol. The Morgan fingerprint density at radius 3 is 2.38 bits per heavy atom. The van der Waals surface area contributed by atoms with Gasteiger partial charge in [0, 0.05) is 42.1 Å². The molecule has 1 aliphatic rings. The number of non-ortho nitro benzene ring substituents is 1. The fourth-order valence-electron chi connectivity index (χ4n) is 4.98. The number of nitrogens with zero attached hydrogens (tertiary/aromatic N) is 2. The lowest BCUT2D eigenvalue weighted by molar-refractivity contribution is -0.384. The van der Waals surface area contributed by atoms with Gasteiger partial charge in [-0.3, -0.25) is 24.7 Å². The van der Waals surface area contributed by atoms with Crippen molar-refractivity contribution in [3.05, 3.63) is 117 Å². The van der Waals surface area contributed by atoms with Gasteiger partial charge in [-0.05, 0) is 55.3 Å². The molecule has 0 aromatic heterocycles. The van der Waals surface area contributed by atoms with E-state index in [4.69, 9.17) is 14.2 Å². The first-order valence-electron chi connectivity index (χ1n) is 14.2. The predicted octanol–water partition coefficient (Wildman–Crippen LogP) is 5.88. The third kappa shape index (κ3) is 8.73. The molecule has 0 spiro atoms. The minimum Gasteiger partial charge on any atom is -0.490 e. The summed E-state index contributed by atoms with van der Waals surface area (Å²) in [6, 6.07) is 22.0. The maximum atomic E-state index is 13.5. The summed E-state index contributed by atoms with van der Waals surface area (Å²) < 4.78 is 16.8. The minimum absolute atomic E-state index is 0.0346. The third-order valence-electron chi connectivity index (χ3n) is 6.93. The summed E-state index contributed by atoms with van der Waals surface area (Å²) in [6.07, 6.45) is 3.51. The first-order valence-corrected chi connectivity index (χ1v) is 14.2. The van der Waals surface area contributed by atoms with E-state index in [1.54, 1.807) is 50.3 Å². The van der Waals surface area contributed by atoms with Gasteiger partial charge in [-0.2, -0.15) is 0 Å². The molecule has 2 unspecified atom stereocenters. The van der Waals surface area contributed by atoms with E-state index in [1.165, 1.54) is 25.1 Å². The van der Waals surface area contributed by atoms with Crippen LogP contribution >= 0.6 is 0 Å². The van der Waals surface area contributed by atoms with Crippen molar-refractivity contribution in [3.8, 4) is 5.75 Å². The molecule has 0 fully saturated rings. The number of esters is 2.